The molecule has 6 nitrogen and oxygen atoms in total. The number of esters is 1. The van der Waals surface area contributed by atoms with Crippen LogP contribution in [0.3, 0.4) is 0 Å². The third-order valence-electron chi connectivity index (χ3n) is 7.79. The molecular formula is C32H37N3O3. The summed E-state index contributed by atoms with van der Waals surface area (Å²) in [6.45, 7) is 13.9. The summed E-state index contributed by atoms with van der Waals surface area (Å²) >= 11 is 0. The third kappa shape index (κ3) is 3.94. The quantitative estimate of drug-likeness (QED) is 0.172. The fourth-order valence-electron chi connectivity index (χ4n) is 5.94. The maximum absolute atomic E-state index is 13.5. The van der Waals surface area contributed by atoms with Crippen molar-refractivity contribution in [2.45, 2.75) is 59.6 Å². The Morgan fingerprint density at radius 2 is 1.82 bits per heavy atom. The van der Waals surface area contributed by atoms with Gasteiger partial charge >= 0.3 is 5.97 Å². The van der Waals surface area contributed by atoms with Gasteiger partial charge in [0.2, 0.25) is 0 Å². The first kappa shape index (κ1) is 25.8. The van der Waals surface area contributed by atoms with Gasteiger partial charge in [0.15, 0.2) is 5.60 Å². The molecule has 4 aromatic rings. The lowest BCUT2D eigenvalue weighted by atomic mass is 9.78. The van der Waals surface area contributed by atoms with Crippen molar-refractivity contribution in [1.82, 2.24) is 9.55 Å². The van der Waals surface area contributed by atoms with Crippen LogP contribution in [-0.2, 0) is 16.9 Å². The number of carbonyl (C=O) groups is 1. The van der Waals surface area contributed by atoms with Gasteiger partial charge in [0, 0.05) is 77.1 Å². The lowest BCUT2D eigenvalue weighted by Gasteiger charge is -2.33. The normalized spacial score (nSPS) is 16.5. The first-order chi connectivity index (χ1) is 18.5. The van der Waals surface area contributed by atoms with Crippen LogP contribution in [0, 0.1) is 6.92 Å². The molecule has 6 heteroatoms. The average Bonchev–Trinajstić information content (AvgIpc) is 3.40. The van der Waals surface area contributed by atoms with E-state index in [1.807, 2.05) is 6.07 Å². The van der Waals surface area contributed by atoms with Crippen molar-refractivity contribution in [3.8, 4) is 5.75 Å². The van der Waals surface area contributed by atoms with E-state index in [2.05, 4.69) is 85.5 Å². The van der Waals surface area contributed by atoms with Gasteiger partial charge < -0.3 is 18.9 Å². The zero-order chi connectivity index (χ0) is 26.9. The molecule has 0 spiro atoms. The Balaban J connectivity index is 1.87. The summed E-state index contributed by atoms with van der Waals surface area (Å²) in [4.78, 5) is 20.2. The summed E-state index contributed by atoms with van der Waals surface area (Å²) in [6.07, 6.45) is 5.40. The summed E-state index contributed by atoms with van der Waals surface area (Å²) < 4.78 is 15.3. The number of benzene rings is 2. The number of carbonyl (C=O) groups excluding carboxylic acids is 1. The molecule has 3 heterocycles. The van der Waals surface area contributed by atoms with E-state index in [1.165, 1.54) is 0 Å². The minimum absolute atomic E-state index is 0.345. The molecular weight excluding hydrogens is 474 g/mol. The van der Waals surface area contributed by atoms with Crippen molar-refractivity contribution in [1.29, 1.82) is 0 Å². The molecule has 2 aromatic heterocycles. The Morgan fingerprint density at radius 3 is 2.55 bits per heavy atom. The summed E-state index contributed by atoms with van der Waals surface area (Å²) in [5.41, 5.74) is 5.16. The topological polar surface area (TPSA) is 56.6 Å². The molecule has 0 saturated heterocycles. The SMILES string of the molecule is CCCCOc1cc(N(CC)CC)ccc1C1(c2c(C)n(CC)c3ccccc23)OC(=O)c2ccncc21. The molecule has 1 unspecified atom stereocenters. The third-order valence-corrected chi connectivity index (χ3v) is 7.79. The standard InChI is InChI=1S/C32H37N3O3/c1-6-10-19-37-29-20-23(34(7-2)8-3)15-16-26(29)32(27-21-33-18-17-24(27)31(36)38-32)30-22(5)35(9-4)28-14-12-11-13-25(28)30/h11-18,20-21H,6-10,19H2,1-5H3. The predicted molar refractivity (Wildman–Crippen MR) is 152 cm³/mol. The van der Waals surface area contributed by atoms with Crippen LogP contribution in [0.25, 0.3) is 10.9 Å². The lowest BCUT2D eigenvalue weighted by Crippen LogP contribution is -2.31. The highest BCUT2D eigenvalue weighted by atomic mass is 16.6. The van der Waals surface area contributed by atoms with E-state index in [1.54, 1.807) is 18.5 Å². The Kier molecular flexibility index (Phi) is 7.15. The molecule has 0 fully saturated rings. The number of anilines is 1. The van der Waals surface area contributed by atoms with Gasteiger partial charge in [-0.1, -0.05) is 31.5 Å². The first-order valence-electron chi connectivity index (χ1n) is 13.8. The van der Waals surface area contributed by atoms with E-state index < -0.39 is 5.60 Å². The Morgan fingerprint density at radius 1 is 1.03 bits per heavy atom. The minimum Gasteiger partial charge on any atom is -0.493 e. The van der Waals surface area contributed by atoms with Crippen LogP contribution in [0.15, 0.2) is 60.9 Å². The van der Waals surface area contributed by atoms with E-state index in [0.29, 0.717) is 12.2 Å². The van der Waals surface area contributed by atoms with Gasteiger partial charge in [-0.3, -0.25) is 4.98 Å². The van der Waals surface area contributed by atoms with Gasteiger partial charge in [-0.05, 0) is 58.4 Å². The van der Waals surface area contributed by atoms with Crippen LogP contribution in [0.1, 0.15) is 73.3 Å². The maximum atomic E-state index is 13.5. The molecule has 1 atom stereocenters. The van der Waals surface area contributed by atoms with Crippen molar-refractivity contribution in [3.63, 3.8) is 0 Å². The van der Waals surface area contributed by atoms with Crippen LogP contribution in [0.5, 0.6) is 5.75 Å². The van der Waals surface area contributed by atoms with Gasteiger partial charge in [0.1, 0.15) is 5.75 Å². The summed E-state index contributed by atoms with van der Waals surface area (Å²) in [7, 11) is 0. The van der Waals surface area contributed by atoms with E-state index in [-0.39, 0.29) is 5.97 Å². The molecule has 0 aliphatic carbocycles. The Bertz CT molecular complexity index is 1470. The average molecular weight is 512 g/mol. The van der Waals surface area contributed by atoms with Crippen molar-refractivity contribution in [2.75, 3.05) is 24.6 Å². The van der Waals surface area contributed by atoms with Crippen LogP contribution in [-0.4, -0.2) is 35.2 Å². The predicted octanol–water partition coefficient (Wildman–Crippen LogP) is 6.85. The van der Waals surface area contributed by atoms with Crippen molar-refractivity contribution >= 4 is 22.6 Å². The number of aromatic nitrogens is 2. The zero-order valence-corrected chi connectivity index (χ0v) is 23.1. The van der Waals surface area contributed by atoms with E-state index in [4.69, 9.17) is 9.47 Å². The molecule has 0 bridgehead atoms. The summed E-state index contributed by atoms with van der Waals surface area (Å²) in [5, 5.41) is 1.06. The molecule has 5 rings (SSSR count). The Labute approximate surface area is 225 Å². The smallest absolute Gasteiger partial charge is 0.340 e. The van der Waals surface area contributed by atoms with Gasteiger partial charge in [-0.25, -0.2) is 4.79 Å². The van der Waals surface area contributed by atoms with Crippen LogP contribution in [0.4, 0.5) is 5.69 Å². The summed E-state index contributed by atoms with van der Waals surface area (Å²) in [5.74, 6) is 0.391. The molecule has 198 valence electrons. The second-order valence-corrected chi connectivity index (χ2v) is 9.77. The maximum Gasteiger partial charge on any atom is 0.340 e. The monoisotopic (exact) mass is 511 g/mol. The lowest BCUT2D eigenvalue weighted by molar-refractivity contribution is 0.0245. The number of ether oxygens (including phenoxy) is 2. The van der Waals surface area contributed by atoms with Crippen molar-refractivity contribution < 1.29 is 14.3 Å². The highest BCUT2D eigenvalue weighted by molar-refractivity contribution is 5.98. The van der Waals surface area contributed by atoms with Gasteiger partial charge in [0.25, 0.3) is 0 Å². The van der Waals surface area contributed by atoms with Crippen molar-refractivity contribution in [3.05, 3.63) is 88.9 Å². The number of unbranched alkanes of at least 4 members (excludes halogenated alkanes) is 1. The highest BCUT2D eigenvalue weighted by Gasteiger charge is 2.52. The molecule has 0 N–H and O–H groups in total. The van der Waals surface area contributed by atoms with Crippen LogP contribution < -0.4 is 9.64 Å². The molecule has 0 radical (unpaired) electrons. The van der Waals surface area contributed by atoms with Crippen molar-refractivity contribution in [2.24, 2.45) is 0 Å². The number of cyclic esters (lactones) is 1. The minimum atomic E-state index is -1.19. The number of para-hydroxylation sites is 1. The fraction of sp³-hybridized carbons (Fsp3) is 0.375. The second-order valence-electron chi connectivity index (χ2n) is 9.77. The number of fused-ring (bicyclic) bond motifs is 2. The molecule has 1 aliphatic rings. The number of pyridine rings is 1. The van der Waals surface area contributed by atoms with Gasteiger partial charge in [-0.2, -0.15) is 0 Å². The van der Waals surface area contributed by atoms with E-state index in [0.717, 1.165) is 77.2 Å². The number of rotatable bonds is 10. The summed E-state index contributed by atoms with van der Waals surface area (Å²) in [6, 6.07) is 16.4. The van der Waals surface area contributed by atoms with Gasteiger partial charge in [0.05, 0.1) is 12.2 Å². The van der Waals surface area contributed by atoms with E-state index >= 15 is 0 Å². The molecule has 1 aliphatic heterocycles. The molecule has 2 aromatic carbocycles. The van der Waals surface area contributed by atoms with Crippen LogP contribution >= 0.6 is 0 Å². The highest BCUT2D eigenvalue weighted by Crippen LogP contribution is 2.53. The Hall–Kier alpha value is -3.80. The van der Waals surface area contributed by atoms with Gasteiger partial charge in [-0.15, -0.1) is 0 Å². The second kappa shape index (κ2) is 10.5. The number of nitrogens with zero attached hydrogens (tertiary/aromatic N) is 3. The number of hydrogen-bond donors (Lipinski definition) is 0. The van der Waals surface area contributed by atoms with Crippen LogP contribution in [0.2, 0.25) is 0 Å². The molecule has 0 amide bonds. The largest absolute Gasteiger partial charge is 0.493 e. The number of aryl methyl sites for hydroxylation is 1. The van der Waals surface area contributed by atoms with E-state index in [9.17, 15) is 4.79 Å². The first-order valence-corrected chi connectivity index (χ1v) is 13.8. The number of hydrogen-bond acceptors (Lipinski definition) is 5. The molecule has 0 saturated carbocycles. The zero-order valence-electron chi connectivity index (χ0n) is 23.1. The fourth-order valence-corrected chi connectivity index (χ4v) is 5.94. The molecule has 38 heavy (non-hydrogen) atoms.